The topological polar surface area (TPSA) is 51.2 Å². The van der Waals surface area contributed by atoms with Gasteiger partial charge >= 0.3 is 0 Å². The SMILES string of the molecule is COc1ccccc1CNC(=O)c1cc(Sc2ccc(Cl)cc2)nc2ccccc12. The number of para-hydroxylation sites is 2. The second-order valence-corrected chi connectivity index (χ2v) is 8.11. The maximum absolute atomic E-state index is 13.1. The van der Waals surface area contributed by atoms with Gasteiger partial charge in [-0.2, -0.15) is 0 Å². The molecular weight excluding hydrogens is 416 g/mol. The first-order valence-corrected chi connectivity index (χ1v) is 10.6. The monoisotopic (exact) mass is 434 g/mol. The summed E-state index contributed by atoms with van der Waals surface area (Å²) in [6, 6.07) is 24.7. The number of nitrogens with one attached hydrogen (secondary N) is 1. The fourth-order valence-corrected chi connectivity index (χ4v) is 4.09. The Bertz CT molecular complexity index is 1200. The lowest BCUT2D eigenvalue weighted by Gasteiger charge is -2.12. The summed E-state index contributed by atoms with van der Waals surface area (Å²) in [6.07, 6.45) is 0. The zero-order valence-corrected chi connectivity index (χ0v) is 17.8. The normalized spacial score (nSPS) is 10.7. The van der Waals surface area contributed by atoms with Crippen LogP contribution in [0.5, 0.6) is 5.75 Å². The standard InChI is InChI=1S/C24H19ClN2O2S/c1-29-22-9-5-2-6-16(22)15-26-24(28)20-14-23(27-21-8-4-3-7-19(20)21)30-18-12-10-17(25)11-13-18/h2-14H,15H2,1H3,(H,26,28). The first-order valence-electron chi connectivity index (χ1n) is 9.37. The van der Waals surface area contributed by atoms with Crippen molar-refractivity contribution in [3.8, 4) is 5.75 Å². The van der Waals surface area contributed by atoms with Gasteiger partial charge in [0.1, 0.15) is 10.8 Å². The minimum atomic E-state index is -0.155. The van der Waals surface area contributed by atoms with Crippen molar-refractivity contribution in [3.63, 3.8) is 0 Å². The van der Waals surface area contributed by atoms with Crippen LogP contribution in [0.1, 0.15) is 15.9 Å². The van der Waals surface area contributed by atoms with Gasteiger partial charge in [0.05, 0.1) is 18.2 Å². The lowest BCUT2D eigenvalue weighted by atomic mass is 10.1. The molecule has 4 rings (SSSR count). The molecule has 4 nitrogen and oxygen atoms in total. The summed E-state index contributed by atoms with van der Waals surface area (Å²) >= 11 is 7.47. The van der Waals surface area contributed by atoms with Gasteiger partial charge in [-0.1, -0.05) is 59.8 Å². The average Bonchev–Trinajstić information content (AvgIpc) is 2.78. The minimum absolute atomic E-state index is 0.155. The number of halogens is 1. The molecule has 0 saturated heterocycles. The van der Waals surface area contributed by atoms with Crippen molar-refractivity contribution in [2.75, 3.05) is 7.11 Å². The number of fused-ring (bicyclic) bond motifs is 1. The third-order valence-corrected chi connectivity index (χ3v) is 5.78. The predicted octanol–water partition coefficient (Wildman–Crippen LogP) is 5.98. The maximum Gasteiger partial charge on any atom is 0.252 e. The van der Waals surface area contributed by atoms with Crippen molar-refractivity contribution in [2.24, 2.45) is 0 Å². The van der Waals surface area contributed by atoms with Crippen molar-refractivity contribution in [2.45, 2.75) is 16.5 Å². The van der Waals surface area contributed by atoms with Gasteiger partial charge in [0.2, 0.25) is 0 Å². The molecule has 30 heavy (non-hydrogen) atoms. The third-order valence-electron chi connectivity index (χ3n) is 4.61. The molecule has 0 radical (unpaired) electrons. The molecule has 1 amide bonds. The number of rotatable bonds is 6. The highest BCUT2D eigenvalue weighted by atomic mass is 35.5. The number of hydrogen-bond donors (Lipinski definition) is 1. The van der Waals surface area contributed by atoms with E-state index in [1.54, 1.807) is 7.11 Å². The van der Waals surface area contributed by atoms with E-state index in [1.807, 2.05) is 78.9 Å². The van der Waals surface area contributed by atoms with Crippen LogP contribution in [-0.2, 0) is 6.54 Å². The highest BCUT2D eigenvalue weighted by Gasteiger charge is 2.14. The summed E-state index contributed by atoms with van der Waals surface area (Å²) in [6.45, 7) is 0.374. The molecule has 0 aliphatic rings. The molecule has 150 valence electrons. The Hall–Kier alpha value is -3.02. The molecule has 0 spiro atoms. The smallest absolute Gasteiger partial charge is 0.252 e. The van der Waals surface area contributed by atoms with Gasteiger partial charge in [-0.3, -0.25) is 4.79 Å². The van der Waals surface area contributed by atoms with Crippen molar-refractivity contribution in [1.82, 2.24) is 10.3 Å². The fraction of sp³-hybridized carbons (Fsp3) is 0.0833. The van der Waals surface area contributed by atoms with Crippen molar-refractivity contribution in [1.29, 1.82) is 0 Å². The van der Waals surface area contributed by atoms with Gasteiger partial charge < -0.3 is 10.1 Å². The van der Waals surface area contributed by atoms with Crippen molar-refractivity contribution < 1.29 is 9.53 Å². The van der Waals surface area contributed by atoms with Crippen molar-refractivity contribution in [3.05, 3.63) is 95.0 Å². The second-order valence-electron chi connectivity index (χ2n) is 6.58. The highest BCUT2D eigenvalue weighted by molar-refractivity contribution is 7.99. The van der Waals surface area contributed by atoms with E-state index in [9.17, 15) is 4.79 Å². The number of methoxy groups -OCH3 is 1. The first-order chi connectivity index (χ1) is 14.6. The number of amides is 1. The maximum atomic E-state index is 13.1. The van der Waals surface area contributed by atoms with Gasteiger partial charge in [-0.05, 0) is 42.5 Å². The number of aromatic nitrogens is 1. The van der Waals surface area contributed by atoms with E-state index in [0.717, 1.165) is 32.1 Å². The highest BCUT2D eigenvalue weighted by Crippen LogP contribution is 2.30. The Morgan fingerprint density at radius 3 is 2.57 bits per heavy atom. The molecule has 1 aromatic heterocycles. The molecule has 0 aliphatic heterocycles. The van der Waals surface area contributed by atoms with Crippen LogP contribution in [0.2, 0.25) is 5.02 Å². The Balaban J connectivity index is 1.63. The molecule has 6 heteroatoms. The molecule has 0 saturated carbocycles. The predicted molar refractivity (Wildman–Crippen MR) is 121 cm³/mol. The zero-order valence-electron chi connectivity index (χ0n) is 16.3. The van der Waals surface area contributed by atoms with E-state index in [2.05, 4.69) is 5.32 Å². The molecular formula is C24H19ClN2O2S. The zero-order chi connectivity index (χ0) is 20.9. The molecule has 4 aromatic rings. The van der Waals surface area contributed by atoms with Gasteiger partial charge in [0, 0.05) is 27.4 Å². The molecule has 0 bridgehead atoms. The lowest BCUT2D eigenvalue weighted by Crippen LogP contribution is -2.23. The number of ether oxygens (including phenoxy) is 1. The first kappa shape index (κ1) is 20.3. The summed E-state index contributed by atoms with van der Waals surface area (Å²) < 4.78 is 5.37. The van der Waals surface area contributed by atoms with E-state index < -0.39 is 0 Å². The van der Waals surface area contributed by atoms with E-state index in [1.165, 1.54) is 11.8 Å². The largest absolute Gasteiger partial charge is 0.496 e. The number of carbonyl (C=O) groups excluding carboxylic acids is 1. The number of hydrogen-bond acceptors (Lipinski definition) is 4. The summed E-state index contributed by atoms with van der Waals surface area (Å²) in [4.78, 5) is 18.8. The molecule has 3 aromatic carbocycles. The van der Waals surface area contributed by atoms with Crippen LogP contribution < -0.4 is 10.1 Å². The van der Waals surface area contributed by atoms with E-state index >= 15 is 0 Å². The van der Waals surface area contributed by atoms with Gasteiger partial charge in [-0.15, -0.1) is 0 Å². The van der Waals surface area contributed by atoms with Crippen LogP contribution in [-0.4, -0.2) is 18.0 Å². The van der Waals surface area contributed by atoms with Gasteiger partial charge in [0.25, 0.3) is 5.91 Å². The van der Waals surface area contributed by atoms with Crippen molar-refractivity contribution >= 4 is 40.2 Å². The van der Waals surface area contributed by atoms with Gasteiger partial charge in [0.15, 0.2) is 0 Å². The Morgan fingerprint density at radius 1 is 1.03 bits per heavy atom. The van der Waals surface area contributed by atoms with E-state index in [0.29, 0.717) is 17.1 Å². The summed E-state index contributed by atoms with van der Waals surface area (Å²) in [5.41, 5.74) is 2.29. The lowest BCUT2D eigenvalue weighted by molar-refractivity contribution is 0.0952. The number of pyridine rings is 1. The molecule has 0 aliphatic carbocycles. The number of carbonyl (C=O) groups is 1. The van der Waals surface area contributed by atoms with Crippen LogP contribution in [0.3, 0.4) is 0 Å². The number of nitrogens with zero attached hydrogens (tertiary/aromatic N) is 1. The Kier molecular flexibility index (Phi) is 6.21. The molecule has 0 fully saturated rings. The Morgan fingerprint density at radius 2 is 1.77 bits per heavy atom. The second kappa shape index (κ2) is 9.20. The van der Waals surface area contributed by atoms with Crippen LogP contribution >= 0.6 is 23.4 Å². The van der Waals surface area contributed by atoms with E-state index in [4.69, 9.17) is 21.3 Å². The van der Waals surface area contributed by atoms with E-state index in [-0.39, 0.29) is 5.91 Å². The van der Waals surface area contributed by atoms with Crippen LogP contribution in [0, 0.1) is 0 Å². The fourth-order valence-electron chi connectivity index (χ4n) is 3.13. The molecule has 1 heterocycles. The summed E-state index contributed by atoms with van der Waals surface area (Å²) in [5, 5.41) is 5.25. The molecule has 0 unspecified atom stereocenters. The van der Waals surface area contributed by atoms with Crippen LogP contribution in [0.15, 0.2) is 88.8 Å². The quantitative estimate of drug-likeness (QED) is 0.405. The number of benzene rings is 3. The Labute approximate surface area is 184 Å². The van der Waals surface area contributed by atoms with Crippen LogP contribution in [0.25, 0.3) is 10.9 Å². The molecule has 0 atom stereocenters. The van der Waals surface area contributed by atoms with Gasteiger partial charge in [-0.25, -0.2) is 4.98 Å². The third kappa shape index (κ3) is 4.58. The molecule has 1 N–H and O–H groups in total. The average molecular weight is 435 g/mol. The minimum Gasteiger partial charge on any atom is -0.496 e. The summed E-state index contributed by atoms with van der Waals surface area (Å²) in [7, 11) is 1.62. The summed E-state index contributed by atoms with van der Waals surface area (Å²) in [5.74, 6) is 0.592. The van der Waals surface area contributed by atoms with Crippen LogP contribution in [0.4, 0.5) is 0 Å².